The van der Waals surface area contributed by atoms with Crippen molar-refractivity contribution in [3.63, 3.8) is 0 Å². The van der Waals surface area contributed by atoms with Gasteiger partial charge in [-0.1, -0.05) is 43.6 Å². The van der Waals surface area contributed by atoms with Crippen molar-refractivity contribution in [2.24, 2.45) is 5.92 Å². The molecular weight excluding hydrogens is 262 g/mol. The highest BCUT2D eigenvalue weighted by molar-refractivity contribution is 7.98. The maximum atomic E-state index is 6.11. The molecule has 1 aromatic rings. The zero-order chi connectivity index (χ0) is 13.2. The molecule has 1 rings (SSSR count). The Bertz CT molecular complexity index is 328. The molecule has 0 amide bonds. The predicted molar refractivity (Wildman–Crippen MR) is 84.6 cm³/mol. The standard InChI is InChI=1S/C15H24ClNS/c1-13(2)6-5-9-17-10-11-18-12-14-7-3-4-8-15(14)16/h3-4,7-8,13,17H,5-6,9-12H2,1-2H3. The molecule has 0 aliphatic rings. The number of thioether (sulfide) groups is 1. The van der Waals surface area contributed by atoms with E-state index in [1.165, 1.54) is 18.4 Å². The van der Waals surface area contributed by atoms with Crippen LogP contribution in [0.5, 0.6) is 0 Å². The van der Waals surface area contributed by atoms with E-state index < -0.39 is 0 Å². The predicted octanol–water partition coefficient (Wildman–Crippen LogP) is 4.60. The first-order chi connectivity index (χ1) is 8.70. The highest BCUT2D eigenvalue weighted by Gasteiger charge is 1.98. The fourth-order valence-electron chi connectivity index (χ4n) is 1.70. The highest BCUT2D eigenvalue weighted by atomic mass is 35.5. The monoisotopic (exact) mass is 285 g/mol. The Balaban J connectivity index is 1.98. The van der Waals surface area contributed by atoms with E-state index in [-0.39, 0.29) is 0 Å². The third-order valence-electron chi connectivity index (χ3n) is 2.77. The van der Waals surface area contributed by atoms with Gasteiger partial charge < -0.3 is 5.32 Å². The summed E-state index contributed by atoms with van der Waals surface area (Å²) in [4.78, 5) is 0. The zero-order valence-corrected chi connectivity index (χ0v) is 13.0. The van der Waals surface area contributed by atoms with Crippen molar-refractivity contribution < 1.29 is 0 Å². The SMILES string of the molecule is CC(C)CCCNCCSCc1ccccc1Cl. The fourth-order valence-corrected chi connectivity index (χ4v) is 2.89. The minimum atomic E-state index is 0.821. The molecule has 0 saturated carbocycles. The topological polar surface area (TPSA) is 12.0 Å². The van der Waals surface area contributed by atoms with Gasteiger partial charge in [-0.05, 0) is 36.9 Å². The first-order valence-corrected chi connectivity index (χ1v) is 8.25. The summed E-state index contributed by atoms with van der Waals surface area (Å²) in [6.45, 7) is 6.79. The van der Waals surface area contributed by atoms with E-state index in [0.29, 0.717) is 0 Å². The molecule has 0 heterocycles. The summed E-state index contributed by atoms with van der Waals surface area (Å²) in [5.74, 6) is 2.97. The Kier molecular flexibility index (Phi) is 8.57. The molecule has 1 nitrogen and oxygen atoms in total. The van der Waals surface area contributed by atoms with E-state index in [1.54, 1.807) is 0 Å². The molecule has 0 bridgehead atoms. The summed E-state index contributed by atoms with van der Waals surface area (Å²) in [5, 5.41) is 4.37. The number of benzene rings is 1. The minimum Gasteiger partial charge on any atom is -0.316 e. The van der Waals surface area contributed by atoms with Crippen LogP contribution in [0.3, 0.4) is 0 Å². The van der Waals surface area contributed by atoms with Gasteiger partial charge in [0.2, 0.25) is 0 Å². The molecule has 0 atom stereocenters. The van der Waals surface area contributed by atoms with Gasteiger partial charge in [0.1, 0.15) is 0 Å². The van der Waals surface area contributed by atoms with Crippen molar-refractivity contribution in [3.05, 3.63) is 34.9 Å². The van der Waals surface area contributed by atoms with E-state index in [0.717, 1.165) is 35.5 Å². The molecule has 1 aromatic carbocycles. The second-order valence-corrected chi connectivity index (χ2v) is 6.44. The lowest BCUT2D eigenvalue weighted by Gasteiger charge is -2.07. The number of halogens is 1. The minimum absolute atomic E-state index is 0.821. The number of hydrogen-bond acceptors (Lipinski definition) is 2. The van der Waals surface area contributed by atoms with Crippen LogP contribution in [0.4, 0.5) is 0 Å². The quantitative estimate of drug-likeness (QED) is 0.666. The Hall–Kier alpha value is -0.180. The van der Waals surface area contributed by atoms with Crippen LogP contribution >= 0.6 is 23.4 Å². The van der Waals surface area contributed by atoms with Gasteiger partial charge in [0.15, 0.2) is 0 Å². The molecule has 0 aliphatic heterocycles. The van der Waals surface area contributed by atoms with Gasteiger partial charge in [-0.15, -0.1) is 0 Å². The van der Waals surface area contributed by atoms with Crippen molar-refractivity contribution >= 4 is 23.4 Å². The lowest BCUT2D eigenvalue weighted by molar-refractivity contribution is 0.534. The highest BCUT2D eigenvalue weighted by Crippen LogP contribution is 2.20. The van der Waals surface area contributed by atoms with Crippen LogP contribution in [-0.2, 0) is 5.75 Å². The lowest BCUT2D eigenvalue weighted by atomic mass is 10.1. The average Bonchev–Trinajstić information content (AvgIpc) is 2.34. The van der Waals surface area contributed by atoms with Crippen LogP contribution in [-0.4, -0.2) is 18.8 Å². The Morgan fingerprint density at radius 3 is 2.72 bits per heavy atom. The number of hydrogen-bond donors (Lipinski definition) is 1. The van der Waals surface area contributed by atoms with E-state index in [4.69, 9.17) is 11.6 Å². The van der Waals surface area contributed by atoms with E-state index in [1.807, 2.05) is 30.0 Å². The van der Waals surface area contributed by atoms with Crippen LogP contribution in [0, 0.1) is 5.92 Å². The maximum Gasteiger partial charge on any atom is 0.0446 e. The van der Waals surface area contributed by atoms with Crippen LogP contribution in [0.15, 0.2) is 24.3 Å². The molecule has 18 heavy (non-hydrogen) atoms. The third kappa shape index (κ3) is 7.30. The summed E-state index contributed by atoms with van der Waals surface area (Å²) in [6, 6.07) is 8.09. The van der Waals surface area contributed by atoms with E-state index in [9.17, 15) is 0 Å². The zero-order valence-electron chi connectivity index (χ0n) is 11.4. The first kappa shape index (κ1) is 15.9. The van der Waals surface area contributed by atoms with Gasteiger partial charge in [-0.3, -0.25) is 0 Å². The summed E-state index contributed by atoms with van der Waals surface area (Å²) in [5.41, 5.74) is 1.24. The van der Waals surface area contributed by atoms with Gasteiger partial charge in [-0.25, -0.2) is 0 Å². The van der Waals surface area contributed by atoms with Crippen molar-refractivity contribution in [2.45, 2.75) is 32.4 Å². The fraction of sp³-hybridized carbons (Fsp3) is 0.600. The van der Waals surface area contributed by atoms with Crippen molar-refractivity contribution in [2.75, 3.05) is 18.8 Å². The van der Waals surface area contributed by atoms with E-state index >= 15 is 0 Å². The molecule has 0 saturated heterocycles. The van der Waals surface area contributed by atoms with Gasteiger partial charge in [0, 0.05) is 23.1 Å². The smallest absolute Gasteiger partial charge is 0.0446 e. The molecule has 0 spiro atoms. The van der Waals surface area contributed by atoms with Crippen LogP contribution < -0.4 is 5.32 Å². The first-order valence-electron chi connectivity index (χ1n) is 6.72. The summed E-state index contributed by atoms with van der Waals surface area (Å²) < 4.78 is 0. The van der Waals surface area contributed by atoms with Crippen LogP contribution in [0.1, 0.15) is 32.3 Å². The van der Waals surface area contributed by atoms with Gasteiger partial charge in [0.25, 0.3) is 0 Å². The van der Waals surface area contributed by atoms with Crippen LogP contribution in [0.25, 0.3) is 0 Å². The van der Waals surface area contributed by atoms with Gasteiger partial charge in [-0.2, -0.15) is 11.8 Å². The lowest BCUT2D eigenvalue weighted by Crippen LogP contribution is -2.18. The molecule has 0 aliphatic carbocycles. The normalized spacial score (nSPS) is 11.1. The molecule has 0 unspecified atom stereocenters. The van der Waals surface area contributed by atoms with Gasteiger partial charge >= 0.3 is 0 Å². The second-order valence-electron chi connectivity index (χ2n) is 4.93. The average molecular weight is 286 g/mol. The van der Waals surface area contributed by atoms with Crippen LogP contribution in [0.2, 0.25) is 5.02 Å². The summed E-state index contributed by atoms with van der Waals surface area (Å²) >= 11 is 8.04. The summed E-state index contributed by atoms with van der Waals surface area (Å²) in [7, 11) is 0. The number of nitrogens with one attached hydrogen (secondary N) is 1. The second kappa shape index (κ2) is 9.71. The van der Waals surface area contributed by atoms with E-state index in [2.05, 4.69) is 25.2 Å². The molecule has 0 aromatic heterocycles. The molecule has 0 fully saturated rings. The molecule has 0 radical (unpaired) electrons. The number of rotatable bonds is 9. The van der Waals surface area contributed by atoms with Crippen molar-refractivity contribution in [1.29, 1.82) is 0 Å². The Morgan fingerprint density at radius 2 is 2.00 bits per heavy atom. The molecular formula is C15H24ClNS. The Labute approximate surface area is 121 Å². The maximum absolute atomic E-state index is 6.11. The molecule has 3 heteroatoms. The molecule has 102 valence electrons. The largest absolute Gasteiger partial charge is 0.316 e. The molecule has 1 N–H and O–H groups in total. The van der Waals surface area contributed by atoms with Gasteiger partial charge in [0.05, 0.1) is 0 Å². The summed E-state index contributed by atoms with van der Waals surface area (Å²) in [6.07, 6.45) is 2.60. The third-order valence-corrected chi connectivity index (χ3v) is 4.15. The Morgan fingerprint density at radius 1 is 1.22 bits per heavy atom. The van der Waals surface area contributed by atoms with Crippen molar-refractivity contribution in [3.8, 4) is 0 Å². The van der Waals surface area contributed by atoms with Crippen molar-refractivity contribution in [1.82, 2.24) is 5.32 Å².